The fourth-order valence-electron chi connectivity index (χ4n) is 2.30. The van der Waals surface area contributed by atoms with Gasteiger partial charge in [-0.15, -0.1) is 0 Å². The number of hydrogen-bond donors (Lipinski definition) is 2. The second-order valence-electron chi connectivity index (χ2n) is 4.97. The van der Waals surface area contributed by atoms with Gasteiger partial charge in [-0.25, -0.2) is 0 Å². The molecule has 0 aliphatic rings. The molecular weight excluding hydrogens is 224 g/mol. The van der Waals surface area contributed by atoms with Gasteiger partial charge in [-0.05, 0) is 25.3 Å². The minimum Gasteiger partial charge on any atom is -0.271 e. The molecule has 0 bridgehead atoms. The summed E-state index contributed by atoms with van der Waals surface area (Å²) in [5.41, 5.74) is 4.04. The Morgan fingerprint density at radius 1 is 1.33 bits per heavy atom. The van der Waals surface area contributed by atoms with Crippen LogP contribution in [0.5, 0.6) is 0 Å². The van der Waals surface area contributed by atoms with Gasteiger partial charge in [0.25, 0.3) is 0 Å². The van der Waals surface area contributed by atoms with Gasteiger partial charge in [-0.3, -0.25) is 16.0 Å². The van der Waals surface area contributed by atoms with E-state index in [1.54, 1.807) is 0 Å². The standard InChI is InChI=1S/C14H28N4/c1-4-7-8-12(16-15)11-13-9-10-18(17-13)14(5-2)6-3/h9-10,12,14,16H,4-8,11,15H2,1-3H3. The van der Waals surface area contributed by atoms with Crippen molar-refractivity contribution < 1.29 is 0 Å². The van der Waals surface area contributed by atoms with Gasteiger partial charge < -0.3 is 0 Å². The molecular formula is C14H28N4. The average molecular weight is 252 g/mol. The number of nitrogens with two attached hydrogens (primary N) is 1. The zero-order chi connectivity index (χ0) is 13.4. The quantitative estimate of drug-likeness (QED) is 0.525. The van der Waals surface area contributed by atoms with Crippen molar-refractivity contribution in [1.29, 1.82) is 0 Å². The van der Waals surface area contributed by atoms with E-state index in [-0.39, 0.29) is 0 Å². The lowest BCUT2D eigenvalue weighted by Gasteiger charge is -2.15. The number of unbranched alkanes of at least 4 members (excludes halogenated alkanes) is 1. The maximum absolute atomic E-state index is 5.60. The second-order valence-corrected chi connectivity index (χ2v) is 4.97. The van der Waals surface area contributed by atoms with E-state index in [1.165, 1.54) is 12.8 Å². The number of hydrazine groups is 1. The highest BCUT2D eigenvalue weighted by Gasteiger charge is 2.11. The Morgan fingerprint density at radius 2 is 2.06 bits per heavy atom. The Balaban J connectivity index is 2.56. The van der Waals surface area contributed by atoms with Crippen LogP contribution in [0.1, 0.15) is 64.6 Å². The first-order valence-corrected chi connectivity index (χ1v) is 7.25. The number of nitrogens with one attached hydrogen (secondary N) is 1. The Labute approximate surface area is 111 Å². The number of aromatic nitrogens is 2. The highest BCUT2D eigenvalue weighted by atomic mass is 15.3. The molecule has 0 spiro atoms. The third-order valence-electron chi connectivity index (χ3n) is 3.58. The Hall–Kier alpha value is -0.870. The third-order valence-corrected chi connectivity index (χ3v) is 3.58. The van der Waals surface area contributed by atoms with E-state index in [9.17, 15) is 0 Å². The van der Waals surface area contributed by atoms with Gasteiger partial charge in [0, 0.05) is 18.7 Å². The first-order chi connectivity index (χ1) is 8.74. The number of nitrogens with zero attached hydrogens (tertiary/aromatic N) is 2. The molecule has 4 nitrogen and oxygen atoms in total. The van der Waals surface area contributed by atoms with Gasteiger partial charge >= 0.3 is 0 Å². The summed E-state index contributed by atoms with van der Waals surface area (Å²) in [7, 11) is 0. The van der Waals surface area contributed by atoms with Crippen LogP contribution in [0, 0.1) is 0 Å². The summed E-state index contributed by atoms with van der Waals surface area (Å²) >= 11 is 0. The van der Waals surface area contributed by atoms with Crippen molar-refractivity contribution in [2.75, 3.05) is 0 Å². The van der Waals surface area contributed by atoms with Gasteiger partial charge in [0.15, 0.2) is 0 Å². The van der Waals surface area contributed by atoms with E-state index in [0.29, 0.717) is 12.1 Å². The van der Waals surface area contributed by atoms with Gasteiger partial charge in [-0.2, -0.15) is 5.10 Å². The van der Waals surface area contributed by atoms with Crippen molar-refractivity contribution in [1.82, 2.24) is 15.2 Å². The summed E-state index contributed by atoms with van der Waals surface area (Å²) in [5.74, 6) is 5.60. The Bertz CT molecular complexity index is 317. The average Bonchev–Trinajstić information content (AvgIpc) is 2.84. The molecule has 0 aliphatic heterocycles. The molecule has 0 aliphatic carbocycles. The molecule has 0 radical (unpaired) electrons. The second kappa shape index (κ2) is 8.27. The molecule has 1 atom stereocenters. The highest BCUT2D eigenvalue weighted by Crippen LogP contribution is 2.15. The lowest BCUT2D eigenvalue weighted by Crippen LogP contribution is -2.36. The first-order valence-electron chi connectivity index (χ1n) is 7.25. The summed E-state index contributed by atoms with van der Waals surface area (Å²) in [6, 6.07) is 2.99. The molecule has 3 N–H and O–H groups in total. The van der Waals surface area contributed by atoms with Crippen LogP contribution in [-0.2, 0) is 6.42 Å². The van der Waals surface area contributed by atoms with Crippen molar-refractivity contribution in [3.8, 4) is 0 Å². The van der Waals surface area contributed by atoms with Crippen LogP contribution in [0.4, 0.5) is 0 Å². The zero-order valence-electron chi connectivity index (χ0n) is 12.0. The van der Waals surface area contributed by atoms with Crippen LogP contribution >= 0.6 is 0 Å². The monoisotopic (exact) mass is 252 g/mol. The molecule has 18 heavy (non-hydrogen) atoms. The topological polar surface area (TPSA) is 55.9 Å². The molecule has 1 rings (SSSR count). The van der Waals surface area contributed by atoms with Crippen molar-refractivity contribution in [3.63, 3.8) is 0 Å². The minimum absolute atomic E-state index is 0.343. The molecule has 0 aromatic carbocycles. The van der Waals surface area contributed by atoms with Gasteiger partial charge in [-0.1, -0.05) is 33.6 Å². The van der Waals surface area contributed by atoms with Crippen LogP contribution in [0.3, 0.4) is 0 Å². The Kier molecular flexibility index (Phi) is 6.98. The van der Waals surface area contributed by atoms with E-state index < -0.39 is 0 Å². The predicted molar refractivity (Wildman–Crippen MR) is 76.2 cm³/mol. The van der Waals surface area contributed by atoms with Crippen LogP contribution in [-0.4, -0.2) is 15.8 Å². The van der Waals surface area contributed by atoms with E-state index >= 15 is 0 Å². The van der Waals surface area contributed by atoms with Gasteiger partial charge in [0.05, 0.1) is 11.7 Å². The molecule has 1 unspecified atom stereocenters. The van der Waals surface area contributed by atoms with E-state index in [0.717, 1.165) is 31.4 Å². The zero-order valence-corrected chi connectivity index (χ0v) is 12.0. The summed E-state index contributed by atoms with van der Waals surface area (Å²) < 4.78 is 2.10. The smallest absolute Gasteiger partial charge is 0.0640 e. The largest absolute Gasteiger partial charge is 0.271 e. The molecule has 0 saturated heterocycles. The van der Waals surface area contributed by atoms with Crippen molar-refractivity contribution in [2.24, 2.45) is 5.84 Å². The summed E-state index contributed by atoms with van der Waals surface area (Å²) in [5, 5.41) is 4.67. The highest BCUT2D eigenvalue weighted by molar-refractivity contribution is 5.02. The fourth-order valence-corrected chi connectivity index (χ4v) is 2.30. The first kappa shape index (κ1) is 15.2. The van der Waals surface area contributed by atoms with E-state index in [2.05, 4.69) is 48.2 Å². The SMILES string of the molecule is CCCCC(Cc1ccn(C(CC)CC)n1)NN. The third kappa shape index (κ3) is 4.42. The lowest BCUT2D eigenvalue weighted by atomic mass is 10.1. The molecule has 1 aromatic rings. The molecule has 4 heteroatoms. The number of rotatable bonds is 9. The predicted octanol–water partition coefficient (Wildman–Crippen LogP) is 2.81. The lowest BCUT2D eigenvalue weighted by molar-refractivity contribution is 0.418. The summed E-state index contributed by atoms with van der Waals surface area (Å²) in [6.07, 6.45) is 8.81. The van der Waals surface area contributed by atoms with E-state index in [4.69, 9.17) is 5.84 Å². The van der Waals surface area contributed by atoms with Crippen molar-refractivity contribution >= 4 is 0 Å². The number of hydrogen-bond acceptors (Lipinski definition) is 3. The maximum atomic E-state index is 5.60. The van der Waals surface area contributed by atoms with Gasteiger partial charge in [0.1, 0.15) is 0 Å². The van der Waals surface area contributed by atoms with Crippen LogP contribution in [0.2, 0.25) is 0 Å². The van der Waals surface area contributed by atoms with Crippen molar-refractivity contribution in [2.45, 2.75) is 71.4 Å². The molecule has 0 saturated carbocycles. The molecule has 0 amide bonds. The summed E-state index contributed by atoms with van der Waals surface area (Å²) in [4.78, 5) is 0. The molecule has 0 fully saturated rings. The fraction of sp³-hybridized carbons (Fsp3) is 0.786. The van der Waals surface area contributed by atoms with Gasteiger partial charge in [0.2, 0.25) is 0 Å². The maximum Gasteiger partial charge on any atom is 0.0640 e. The van der Waals surface area contributed by atoms with Crippen molar-refractivity contribution in [3.05, 3.63) is 18.0 Å². The molecule has 104 valence electrons. The normalized spacial score (nSPS) is 13.2. The molecule has 1 aromatic heterocycles. The molecule has 1 heterocycles. The minimum atomic E-state index is 0.343. The summed E-state index contributed by atoms with van der Waals surface area (Å²) in [6.45, 7) is 6.62. The van der Waals surface area contributed by atoms with Crippen LogP contribution in [0.15, 0.2) is 12.3 Å². The van der Waals surface area contributed by atoms with Crippen LogP contribution in [0.25, 0.3) is 0 Å². The van der Waals surface area contributed by atoms with Crippen LogP contribution < -0.4 is 11.3 Å². The Morgan fingerprint density at radius 3 is 2.61 bits per heavy atom. The van der Waals surface area contributed by atoms with E-state index in [1.807, 2.05) is 0 Å².